The van der Waals surface area contributed by atoms with E-state index in [1.54, 1.807) is 25.3 Å². The van der Waals surface area contributed by atoms with Crippen LogP contribution in [0, 0.1) is 5.82 Å². The Morgan fingerprint density at radius 2 is 1.73 bits per heavy atom. The van der Waals surface area contributed by atoms with Crippen molar-refractivity contribution in [2.45, 2.75) is 13.0 Å². The summed E-state index contributed by atoms with van der Waals surface area (Å²) in [6, 6.07) is 13.8. The van der Waals surface area contributed by atoms with Gasteiger partial charge in [0.05, 0.1) is 24.5 Å². The third kappa shape index (κ3) is 3.96. The van der Waals surface area contributed by atoms with E-state index in [1.165, 1.54) is 6.07 Å². The highest BCUT2D eigenvalue weighted by Gasteiger charge is 2.27. The number of halogens is 1. The van der Waals surface area contributed by atoms with Gasteiger partial charge in [-0.2, -0.15) is 0 Å². The van der Waals surface area contributed by atoms with E-state index >= 15 is 0 Å². The number of rotatable bonds is 5. The normalized spacial score (nSPS) is 16.2. The maximum atomic E-state index is 13.7. The van der Waals surface area contributed by atoms with E-state index in [-0.39, 0.29) is 17.6 Å². The molecule has 0 radical (unpaired) electrons. The average molecular weight is 357 g/mol. The van der Waals surface area contributed by atoms with Crippen molar-refractivity contribution in [2.24, 2.45) is 0 Å². The number of nitrogens with zero attached hydrogens (tertiary/aromatic N) is 2. The molecule has 138 valence electrons. The zero-order valence-corrected chi connectivity index (χ0v) is 15.1. The minimum atomic E-state index is -0.422. The first-order chi connectivity index (χ1) is 12.6. The Bertz CT molecular complexity index is 760. The van der Waals surface area contributed by atoms with E-state index in [1.807, 2.05) is 31.2 Å². The highest BCUT2D eigenvalue weighted by atomic mass is 19.1. The average Bonchev–Trinajstić information content (AvgIpc) is 2.69. The summed E-state index contributed by atoms with van der Waals surface area (Å²) in [5.74, 6) is 0.237. The fourth-order valence-corrected chi connectivity index (χ4v) is 3.21. The van der Waals surface area contributed by atoms with Crippen molar-refractivity contribution < 1.29 is 13.9 Å². The Kier molecular flexibility index (Phi) is 5.73. The zero-order valence-electron chi connectivity index (χ0n) is 15.1. The van der Waals surface area contributed by atoms with Gasteiger partial charge in [0, 0.05) is 26.2 Å². The van der Waals surface area contributed by atoms with Crippen LogP contribution in [0.25, 0.3) is 0 Å². The maximum absolute atomic E-state index is 13.7. The fraction of sp³-hybridized carbons (Fsp3) is 0.350. The first-order valence-electron chi connectivity index (χ1n) is 8.77. The van der Waals surface area contributed by atoms with Gasteiger partial charge in [0.25, 0.3) is 0 Å². The number of para-hydroxylation sites is 3. The van der Waals surface area contributed by atoms with Gasteiger partial charge in [-0.05, 0) is 31.2 Å². The summed E-state index contributed by atoms with van der Waals surface area (Å²) in [6.45, 7) is 4.97. The number of anilines is 2. The molecule has 1 amide bonds. The first kappa shape index (κ1) is 18.2. The quantitative estimate of drug-likeness (QED) is 0.894. The largest absolute Gasteiger partial charge is 0.495 e. The Hall–Kier alpha value is -2.60. The molecule has 2 aromatic rings. The predicted molar refractivity (Wildman–Crippen MR) is 101 cm³/mol. The molecule has 1 aliphatic rings. The molecule has 0 aromatic heterocycles. The van der Waals surface area contributed by atoms with Crippen LogP contribution in [0.4, 0.5) is 15.8 Å². The Balaban J connectivity index is 1.59. The van der Waals surface area contributed by atoms with Crippen molar-refractivity contribution in [3.8, 4) is 5.75 Å². The number of benzene rings is 2. The predicted octanol–water partition coefficient (Wildman–Crippen LogP) is 2.98. The maximum Gasteiger partial charge on any atom is 0.241 e. The second-order valence-electron chi connectivity index (χ2n) is 6.34. The van der Waals surface area contributed by atoms with Crippen molar-refractivity contribution in [1.29, 1.82) is 0 Å². The molecule has 1 saturated heterocycles. The molecule has 1 fully saturated rings. The summed E-state index contributed by atoms with van der Waals surface area (Å²) >= 11 is 0. The van der Waals surface area contributed by atoms with Crippen molar-refractivity contribution in [2.75, 3.05) is 43.5 Å². The number of amides is 1. The summed E-state index contributed by atoms with van der Waals surface area (Å²) in [4.78, 5) is 16.8. The molecular weight excluding hydrogens is 333 g/mol. The van der Waals surface area contributed by atoms with Crippen LogP contribution in [-0.2, 0) is 4.79 Å². The van der Waals surface area contributed by atoms with E-state index in [9.17, 15) is 9.18 Å². The number of hydrogen-bond donors (Lipinski definition) is 1. The van der Waals surface area contributed by atoms with E-state index in [0.717, 1.165) is 37.6 Å². The van der Waals surface area contributed by atoms with Crippen molar-refractivity contribution in [3.05, 3.63) is 54.3 Å². The van der Waals surface area contributed by atoms with Gasteiger partial charge >= 0.3 is 0 Å². The molecule has 6 heteroatoms. The molecule has 3 rings (SSSR count). The third-order valence-electron chi connectivity index (χ3n) is 4.80. The number of ether oxygens (including phenoxy) is 1. The standard InChI is InChI=1S/C20H24FN3O2/c1-15(20(25)22-17-8-4-3-7-16(17)21)23-11-13-24(14-12-23)18-9-5-6-10-19(18)26-2/h3-10,15H,11-14H2,1-2H3,(H,22,25)/t15-/m1/s1. The van der Waals surface area contributed by atoms with Gasteiger partial charge in [-0.15, -0.1) is 0 Å². The summed E-state index contributed by atoms with van der Waals surface area (Å²) in [7, 11) is 1.67. The second-order valence-corrected chi connectivity index (χ2v) is 6.34. The van der Waals surface area contributed by atoms with Crippen molar-refractivity contribution >= 4 is 17.3 Å². The number of hydrogen-bond acceptors (Lipinski definition) is 4. The molecule has 0 spiro atoms. The van der Waals surface area contributed by atoms with Crippen LogP contribution in [0.2, 0.25) is 0 Å². The summed E-state index contributed by atoms with van der Waals surface area (Å²) < 4.78 is 19.2. The second kappa shape index (κ2) is 8.19. The van der Waals surface area contributed by atoms with Crippen LogP contribution in [0.1, 0.15) is 6.92 Å². The van der Waals surface area contributed by atoms with Gasteiger partial charge in [0.1, 0.15) is 11.6 Å². The Morgan fingerprint density at radius 3 is 2.42 bits per heavy atom. The number of methoxy groups -OCH3 is 1. The van der Waals surface area contributed by atoms with E-state index in [2.05, 4.69) is 15.1 Å². The van der Waals surface area contributed by atoms with Crippen LogP contribution >= 0.6 is 0 Å². The van der Waals surface area contributed by atoms with Gasteiger partial charge in [0.2, 0.25) is 5.91 Å². The van der Waals surface area contributed by atoms with Crippen LogP contribution < -0.4 is 15.0 Å². The molecule has 2 aromatic carbocycles. The monoisotopic (exact) mass is 357 g/mol. The molecule has 0 bridgehead atoms. The number of piperazine rings is 1. The Labute approximate surface area is 153 Å². The molecule has 1 N–H and O–H groups in total. The lowest BCUT2D eigenvalue weighted by Crippen LogP contribution is -2.52. The minimum absolute atomic E-state index is 0.194. The molecule has 0 aliphatic carbocycles. The smallest absolute Gasteiger partial charge is 0.241 e. The molecule has 1 atom stereocenters. The molecule has 26 heavy (non-hydrogen) atoms. The van der Waals surface area contributed by atoms with Gasteiger partial charge in [0.15, 0.2) is 0 Å². The summed E-state index contributed by atoms with van der Waals surface area (Å²) in [6.07, 6.45) is 0. The molecule has 1 aliphatic heterocycles. The van der Waals surface area contributed by atoms with Crippen LogP contribution in [-0.4, -0.2) is 50.1 Å². The number of carbonyl (C=O) groups excluding carboxylic acids is 1. The minimum Gasteiger partial charge on any atom is -0.495 e. The van der Waals surface area contributed by atoms with E-state index < -0.39 is 5.82 Å². The summed E-state index contributed by atoms with van der Waals surface area (Å²) in [5, 5.41) is 2.68. The SMILES string of the molecule is COc1ccccc1N1CCN([C@H](C)C(=O)Nc2ccccc2F)CC1. The topological polar surface area (TPSA) is 44.8 Å². The molecule has 0 saturated carbocycles. The van der Waals surface area contributed by atoms with Crippen LogP contribution in [0.15, 0.2) is 48.5 Å². The van der Waals surface area contributed by atoms with E-state index in [4.69, 9.17) is 4.74 Å². The summed E-state index contributed by atoms with van der Waals surface area (Å²) in [5.41, 5.74) is 1.29. The first-order valence-corrected chi connectivity index (χ1v) is 8.77. The van der Waals surface area contributed by atoms with Gasteiger partial charge < -0.3 is 15.0 Å². The number of nitrogens with one attached hydrogen (secondary N) is 1. The highest BCUT2D eigenvalue weighted by molar-refractivity contribution is 5.94. The molecular formula is C20H24FN3O2. The van der Waals surface area contributed by atoms with Crippen molar-refractivity contribution in [1.82, 2.24) is 4.90 Å². The number of carbonyl (C=O) groups is 1. The highest BCUT2D eigenvalue weighted by Crippen LogP contribution is 2.28. The third-order valence-corrected chi connectivity index (χ3v) is 4.80. The lowest BCUT2D eigenvalue weighted by Gasteiger charge is -2.38. The van der Waals surface area contributed by atoms with Gasteiger partial charge in [-0.3, -0.25) is 9.69 Å². The van der Waals surface area contributed by atoms with Gasteiger partial charge in [-0.25, -0.2) is 4.39 Å². The van der Waals surface area contributed by atoms with Crippen LogP contribution in [0.5, 0.6) is 5.75 Å². The zero-order chi connectivity index (χ0) is 18.5. The van der Waals surface area contributed by atoms with Gasteiger partial charge in [-0.1, -0.05) is 24.3 Å². The molecule has 1 heterocycles. The molecule has 0 unspecified atom stereocenters. The van der Waals surface area contributed by atoms with Crippen molar-refractivity contribution in [3.63, 3.8) is 0 Å². The van der Waals surface area contributed by atoms with E-state index in [0.29, 0.717) is 0 Å². The Morgan fingerprint density at radius 1 is 1.08 bits per heavy atom. The lowest BCUT2D eigenvalue weighted by atomic mass is 10.2. The fourth-order valence-electron chi connectivity index (χ4n) is 3.21. The lowest BCUT2D eigenvalue weighted by molar-refractivity contribution is -0.120. The van der Waals surface area contributed by atoms with Crippen LogP contribution in [0.3, 0.4) is 0 Å². The molecule has 5 nitrogen and oxygen atoms in total.